The Morgan fingerprint density at radius 3 is 2.38 bits per heavy atom. The summed E-state index contributed by atoms with van der Waals surface area (Å²) >= 11 is 0. The highest BCUT2D eigenvalue weighted by molar-refractivity contribution is 7.85. The molecule has 0 aromatic rings. The summed E-state index contributed by atoms with van der Waals surface area (Å²) in [4.78, 5) is 11.5. The molecule has 0 saturated carbocycles. The summed E-state index contributed by atoms with van der Waals surface area (Å²) in [5.41, 5.74) is 5.72. The van der Waals surface area contributed by atoms with Gasteiger partial charge in [-0.25, -0.2) is 0 Å². The first-order chi connectivity index (χ1) is 7.28. The normalized spacial score (nSPS) is 15.8. The quantitative estimate of drug-likeness (QED) is 0.495. The number of hydrogen-bond donors (Lipinski definition) is 2. The molecule has 2 atom stereocenters. The van der Waals surface area contributed by atoms with Crippen LogP contribution in [0.4, 0.5) is 0 Å². The predicted octanol–water partition coefficient (Wildman–Crippen LogP) is 0.987. The van der Waals surface area contributed by atoms with Gasteiger partial charge in [0, 0.05) is 6.42 Å². The van der Waals surface area contributed by atoms with Crippen LogP contribution in [0.1, 0.15) is 39.5 Å². The van der Waals surface area contributed by atoms with Crippen molar-refractivity contribution in [3.05, 3.63) is 0 Å². The number of unbranched alkanes of at least 4 members (excludes halogenated alkanes) is 1. The van der Waals surface area contributed by atoms with Crippen molar-refractivity contribution >= 4 is 15.9 Å². The average molecular weight is 251 g/mol. The number of carbonyl (C=O) groups excluding carboxylic acids is 1. The second-order valence-electron chi connectivity index (χ2n) is 4.12. The Morgan fingerprint density at radius 2 is 1.94 bits per heavy atom. The molecule has 0 heterocycles. The zero-order valence-corrected chi connectivity index (χ0v) is 10.7. The minimum atomic E-state index is -3.91. The zero-order chi connectivity index (χ0) is 12.8. The first-order valence-electron chi connectivity index (χ1n) is 5.51. The molecule has 0 amide bonds. The van der Waals surface area contributed by atoms with Crippen molar-refractivity contribution in [3.63, 3.8) is 0 Å². The van der Waals surface area contributed by atoms with Gasteiger partial charge in [-0.3, -0.25) is 9.35 Å². The lowest BCUT2D eigenvalue weighted by atomic mass is 9.94. The van der Waals surface area contributed by atoms with Gasteiger partial charge in [-0.15, -0.1) is 0 Å². The Balaban J connectivity index is 3.82. The van der Waals surface area contributed by atoms with Gasteiger partial charge in [-0.1, -0.05) is 20.3 Å². The number of rotatable bonds is 8. The van der Waals surface area contributed by atoms with Gasteiger partial charge in [-0.05, 0) is 18.8 Å². The Bertz CT molecular complexity index is 313. The van der Waals surface area contributed by atoms with Gasteiger partial charge in [-0.2, -0.15) is 8.42 Å². The van der Waals surface area contributed by atoms with E-state index in [-0.39, 0.29) is 30.3 Å². The second kappa shape index (κ2) is 6.98. The van der Waals surface area contributed by atoms with Crippen LogP contribution >= 0.6 is 0 Å². The molecule has 96 valence electrons. The predicted molar refractivity (Wildman–Crippen MR) is 62.7 cm³/mol. The summed E-state index contributed by atoms with van der Waals surface area (Å²) in [6.45, 7) is 3.89. The molecule has 0 rings (SSSR count). The highest BCUT2D eigenvalue weighted by Crippen LogP contribution is 2.10. The number of nitrogens with two attached hydrogens (primary N) is 1. The lowest BCUT2D eigenvalue weighted by Crippen LogP contribution is -2.36. The van der Waals surface area contributed by atoms with Crippen molar-refractivity contribution in [2.45, 2.75) is 45.6 Å². The van der Waals surface area contributed by atoms with E-state index in [0.29, 0.717) is 6.42 Å². The van der Waals surface area contributed by atoms with Gasteiger partial charge in [0.05, 0.1) is 11.8 Å². The Labute approximate surface area is 97.2 Å². The van der Waals surface area contributed by atoms with E-state index in [2.05, 4.69) is 0 Å². The molecule has 6 heteroatoms. The molecule has 0 aliphatic carbocycles. The molecule has 0 fully saturated rings. The summed E-state index contributed by atoms with van der Waals surface area (Å²) in [5.74, 6) is -0.183. The zero-order valence-electron chi connectivity index (χ0n) is 9.85. The van der Waals surface area contributed by atoms with Crippen LogP contribution in [0.25, 0.3) is 0 Å². The van der Waals surface area contributed by atoms with Crippen LogP contribution in [0.5, 0.6) is 0 Å². The van der Waals surface area contributed by atoms with E-state index >= 15 is 0 Å². The molecule has 0 radical (unpaired) electrons. The summed E-state index contributed by atoms with van der Waals surface area (Å²) in [5, 5.41) is 0. The molecular weight excluding hydrogens is 230 g/mol. The minimum Gasteiger partial charge on any atom is -0.321 e. The summed E-state index contributed by atoms with van der Waals surface area (Å²) in [7, 11) is -3.91. The Morgan fingerprint density at radius 1 is 1.38 bits per heavy atom. The highest BCUT2D eigenvalue weighted by Gasteiger charge is 2.18. The molecule has 0 spiro atoms. The Hall–Kier alpha value is -0.460. The SMILES string of the molecule is CCC(C)[C@H](N)C(=O)CCCCS(=O)(=O)O. The maximum atomic E-state index is 11.5. The van der Waals surface area contributed by atoms with E-state index in [1.165, 1.54) is 0 Å². The number of Topliss-reactive ketones (excluding diaryl/α,β-unsaturated/α-hetero) is 1. The van der Waals surface area contributed by atoms with E-state index in [0.717, 1.165) is 6.42 Å². The molecule has 5 nitrogen and oxygen atoms in total. The molecule has 16 heavy (non-hydrogen) atoms. The van der Waals surface area contributed by atoms with Crippen LogP contribution < -0.4 is 5.73 Å². The largest absolute Gasteiger partial charge is 0.321 e. The number of ketones is 1. The van der Waals surface area contributed by atoms with Crippen LogP contribution in [0.15, 0.2) is 0 Å². The van der Waals surface area contributed by atoms with Crippen molar-refractivity contribution in [1.82, 2.24) is 0 Å². The van der Waals surface area contributed by atoms with Crippen molar-refractivity contribution in [2.75, 3.05) is 5.75 Å². The molecule has 0 aliphatic rings. The highest BCUT2D eigenvalue weighted by atomic mass is 32.2. The summed E-state index contributed by atoms with van der Waals surface area (Å²) in [6.07, 6.45) is 1.86. The lowest BCUT2D eigenvalue weighted by Gasteiger charge is -2.16. The first kappa shape index (κ1) is 15.5. The second-order valence-corrected chi connectivity index (χ2v) is 5.69. The number of carbonyl (C=O) groups is 1. The van der Waals surface area contributed by atoms with Crippen LogP contribution in [0.2, 0.25) is 0 Å². The van der Waals surface area contributed by atoms with E-state index in [1.54, 1.807) is 0 Å². The molecule has 3 N–H and O–H groups in total. The maximum absolute atomic E-state index is 11.5. The van der Waals surface area contributed by atoms with E-state index in [4.69, 9.17) is 10.3 Å². The van der Waals surface area contributed by atoms with Gasteiger partial charge in [0.15, 0.2) is 0 Å². The fourth-order valence-corrected chi connectivity index (χ4v) is 1.89. The lowest BCUT2D eigenvalue weighted by molar-refractivity contribution is -0.121. The topological polar surface area (TPSA) is 97.5 Å². The van der Waals surface area contributed by atoms with E-state index in [9.17, 15) is 13.2 Å². The third-order valence-corrected chi connectivity index (χ3v) is 3.51. The third kappa shape index (κ3) is 6.92. The number of hydrogen-bond acceptors (Lipinski definition) is 4. The van der Waals surface area contributed by atoms with Gasteiger partial charge < -0.3 is 5.73 Å². The molecular formula is C10H21NO4S. The van der Waals surface area contributed by atoms with Crippen LogP contribution in [-0.2, 0) is 14.9 Å². The fraction of sp³-hybridized carbons (Fsp3) is 0.900. The maximum Gasteiger partial charge on any atom is 0.264 e. The van der Waals surface area contributed by atoms with E-state index < -0.39 is 16.2 Å². The van der Waals surface area contributed by atoms with Crippen molar-refractivity contribution in [3.8, 4) is 0 Å². The van der Waals surface area contributed by atoms with Crippen molar-refractivity contribution in [2.24, 2.45) is 11.7 Å². The van der Waals surface area contributed by atoms with Crippen LogP contribution in [-0.4, -0.2) is 30.5 Å². The molecule has 0 bridgehead atoms. The third-order valence-electron chi connectivity index (χ3n) is 2.70. The molecule has 0 aromatic heterocycles. The fourth-order valence-electron chi connectivity index (χ4n) is 1.32. The Kier molecular flexibility index (Phi) is 6.78. The average Bonchev–Trinajstić information content (AvgIpc) is 2.20. The van der Waals surface area contributed by atoms with E-state index in [1.807, 2.05) is 13.8 Å². The van der Waals surface area contributed by atoms with Crippen LogP contribution in [0.3, 0.4) is 0 Å². The molecule has 0 saturated heterocycles. The smallest absolute Gasteiger partial charge is 0.264 e. The van der Waals surface area contributed by atoms with Crippen LogP contribution in [0, 0.1) is 5.92 Å². The summed E-state index contributed by atoms with van der Waals surface area (Å²) in [6, 6.07) is -0.462. The minimum absolute atomic E-state index is 0.0373. The molecule has 0 aromatic carbocycles. The van der Waals surface area contributed by atoms with Gasteiger partial charge >= 0.3 is 0 Å². The van der Waals surface area contributed by atoms with Gasteiger partial charge in [0.25, 0.3) is 10.1 Å². The standard InChI is InChI=1S/C10H21NO4S/c1-3-8(2)10(11)9(12)6-4-5-7-16(13,14)15/h8,10H,3-7,11H2,1-2H3,(H,13,14,15)/t8?,10-/m0/s1. The van der Waals surface area contributed by atoms with Gasteiger partial charge in [0.2, 0.25) is 0 Å². The first-order valence-corrected chi connectivity index (χ1v) is 7.12. The monoisotopic (exact) mass is 251 g/mol. The summed E-state index contributed by atoms with van der Waals surface area (Å²) < 4.78 is 29.3. The molecule has 1 unspecified atom stereocenters. The van der Waals surface area contributed by atoms with Crippen molar-refractivity contribution in [1.29, 1.82) is 0 Å². The van der Waals surface area contributed by atoms with Crippen molar-refractivity contribution < 1.29 is 17.8 Å². The van der Waals surface area contributed by atoms with Gasteiger partial charge in [0.1, 0.15) is 5.78 Å². The molecule has 0 aliphatic heterocycles.